The number of aliphatic hydroxyl groups is 2. The average Bonchev–Trinajstić information content (AvgIpc) is 3.15. The summed E-state index contributed by atoms with van der Waals surface area (Å²) < 4.78 is 50.2. The quantitative estimate of drug-likeness (QED) is 0.154. The highest BCUT2D eigenvalue weighted by atomic mass is 16.7. The number of carbonyl (C=O) groups excluding carboxylic acids is 5. The topological polar surface area (TPSA) is 212 Å². The van der Waals surface area contributed by atoms with Crippen LogP contribution in [0.3, 0.4) is 0 Å². The van der Waals surface area contributed by atoms with Crippen molar-refractivity contribution in [2.24, 2.45) is 22.7 Å². The van der Waals surface area contributed by atoms with Crippen LogP contribution in [-0.2, 0) is 52.3 Å². The van der Waals surface area contributed by atoms with E-state index in [2.05, 4.69) is 11.9 Å². The molecule has 1 aromatic rings. The second kappa shape index (κ2) is 17.0. The molecule has 6 rings (SSSR count). The van der Waals surface area contributed by atoms with Crippen LogP contribution in [0.4, 0.5) is 4.79 Å². The summed E-state index contributed by atoms with van der Waals surface area (Å²) in [5, 5.41) is 28.1. The minimum absolute atomic E-state index is 0.0926. The van der Waals surface area contributed by atoms with E-state index in [1.165, 1.54) is 19.9 Å². The smallest absolute Gasteiger partial charge is 0.407 e. The first-order valence-electron chi connectivity index (χ1n) is 21.3. The van der Waals surface area contributed by atoms with E-state index in [1.54, 1.807) is 71.9 Å². The monoisotopic (exact) mass is 869 g/mol. The van der Waals surface area contributed by atoms with Crippen molar-refractivity contribution in [2.75, 3.05) is 6.61 Å². The molecule has 1 amide bonds. The molecule has 62 heavy (non-hydrogen) atoms. The Labute approximate surface area is 362 Å². The standard InChI is InChI=1S/C46H63NO15/c1-13-32-58-30-20-31-45(22-55-31,61-26(6)49)36-38(60-39(51)27-17-15-14-16-18-27)46(54)21-29(57-40(52)34(50)28(19-23(2)3)47-41(53)62-42(7,8)9)24(4)33(43(46,10)11)35(56-25(5)48)37(59-32)44(30,36)12/h13-18,23,28-32,34-38,50,54H,1,19-22H2,2-12H3,(H,47,53)/t28-,29-,30-,31+,32?,34+,35+,36-,37-,38-,44+,45-,46+/m0/s1. The fourth-order valence-corrected chi connectivity index (χ4v) is 10.7. The number of aliphatic hydroxyl groups excluding tert-OH is 1. The number of hydrogen-bond acceptors (Lipinski definition) is 15. The number of ether oxygens (including phenoxy) is 8. The van der Waals surface area contributed by atoms with Crippen LogP contribution >= 0.6 is 0 Å². The fraction of sp³-hybridized carbons (Fsp3) is 0.674. The largest absolute Gasteiger partial charge is 0.456 e. The van der Waals surface area contributed by atoms with Crippen molar-refractivity contribution in [1.29, 1.82) is 0 Å². The van der Waals surface area contributed by atoms with Crippen LogP contribution in [-0.4, -0.2) is 119 Å². The summed E-state index contributed by atoms with van der Waals surface area (Å²) in [6.07, 6.45) is -9.36. The van der Waals surface area contributed by atoms with Gasteiger partial charge in [-0.05, 0) is 69.4 Å². The molecule has 2 heterocycles. The SMILES string of the molecule is C=CC1O[C@H]2C[C@H]3OC[C@@]3(OC(C)=O)[C@H]3[C@H](OC(=O)c4ccccc4)[C@]4(O)C[C@H](OC(=O)[C@H](O)[C@H](CC(C)C)NC(=O)OC(C)(C)C)C(C)=C([C@@H](OC(C)=O)[C@H](O1)[C@]23C)C4(C)C. The number of alkyl carbamates (subject to hydrolysis) is 1. The third-order valence-electron chi connectivity index (χ3n) is 13.4. The molecule has 2 saturated carbocycles. The normalized spacial score (nSPS) is 35.5. The summed E-state index contributed by atoms with van der Waals surface area (Å²) in [6.45, 7) is 21.9. The fourth-order valence-electron chi connectivity index (χ4n) is 10.7. The van der Waals surface area contributed by atoms with Gasteiger partial charge in [-0.15, -0.1) is 0 Å². The van der Waals surface area contributed by atoms with Gasteiger partial charge in [0.15, 0.2) is 24.1 Å². The first-order chi connectivity index (χ1) is 28.8. The van der Waals surface area contributed by atoms with Crippen LogP contribution in [0.25, 0.3) is 0 Å². The van der Waals surface area contributed by atoms with Gasteiger partial charge in [0, 0.05) is 37.5 Å². The lowest BCUT2D eigenvalue weighted by Gasteiger charge is -2.71. The highest BCUT2D eigenvalue weighted by molar-refractivity contribution is 5.89. The summed E-state index contributed by atoms with van der Waals surface area (Å²) >= 11 is 0. The zero-order valence-corrected chi connectivity index (χ0v) is 37.6. The second-order valence-corrected chi connectivity index (χ2v) is 19.5. The number of benzene rings is 1. The molecular weight excluding hydrogens is 806 g/mol. The molecule has 1 aromatic carbocycles. The van der Waals surface area contributed by atoms with Crippen molar-refractivity contribution in [3.05, 3.63) is 59.7 Å². The van der Waals surface area contributed by atoms with Crippen LogP contribution in [0, 0.1) is 22.7 Å². The van der Waals surface area contributed by atoms with Gasteiger partial charge in [0.1, 0.15) is 35.6 Å². The summed E-state index contributed by atoms with van der Waals surface area (Å²) in [6, 6.07) is 7.04. The molecule has 342 valence electrons. The van der Waals surface area contributed by atoms with Crippen LogP contribution in [0.1, 0.15) is 106 Å². The van der Waals surface area contributed by atoms with E-state index >= 15 is 0 Å². The number of hydrogen-bond donors (Lipinski definition) is 3. The Morgan fingerprint density at radius 1 is 0.984 bits per heavy atom. The predicted molar refractivity (Wildman–Crippen MR) is 220 cm³/mol. The molecule has 3 N–H and O–H groups in total. The van der Waals surface area contributed by atoms with Crippen LogP contribution < -0.4 is 5.32 Å². The van der Waals surface area contributed by atoms with E-state index in [-0.39, 0.29) is 30.9 Å². The lowest BCUT2D eigenvalue weighted by Crippen LogP contribution is -2.83. The van der Waals surface area contributed by atoms with Crippen molar-refractivity contribution in [1.82, 2.24) is 5.32 Å². The number of esters is 4. The minimum Gasteiger partial charge on any atom is -0.456 e. The molecule has 16 nitrogen and oxygen atoms in total. The minimum atomic E-state index is -2.23. The van der Waals surface area contributed by atoms with Gasteiger partial charge in [-0.2, -0.15) is 0 Å². The van der Waals surface area contributed by atoms with E-state index in [0.717, 1.165) is 0 Å². The average molecular weight is 870 g/mol. The summed E-state index contributed by atoms with van der Waals surface area (Å²) in [7, 11) is 0. The summed E-state index contributed by atoms with van der Waals surface area (Å²) in [4.78, 5) is 68.1. The van der Waals surface area contributed by atoms with Crippen LogP contribution in [0.15, 0.2) is 54.1 Å². The highest BCUT2D eigenvalue weighted by Gasteiger charge is 2.79. The molecule has 3 aliphatic carbocycles. The molecule has 1 unspecified atom stereocenters. The van der Waals surface area contributed by atoms with Gasteiger partial charge in [0.25, 0.3) is 0 Å². The van der Waals surface area contributed by atoms with Crippen LogP contribution in [0.2, 0.25) is 0 Å². The maximum absolute atomic E-state index is 14.4. The number of fused-ring (bicyclic) bond motifs is 4. The summed E-state index contributed by atoms with van der Waals surface area (Å²) in [5.41, 5.74) is -6.65. The number of nitrogens with one attached hydrogen (secondary N) is 1. The van der Waals surface area contributed by atoms with Gasteiger partial charge in [-0.1, -0.05) is 59.4 Å². The Kier molecular flexibility index (Phi) is 12.9. The Morgan fingerprint density at radius 3 is 2.19 bits per heavy atom. The van der Waals surface area contributed by atoms with Crippen molar-refractivity contribution < 1.29 is 72.1 Å². The Bertz CT molecular complexity index is 1960. The highest BCUT2D eigenvalue weighted by Crippen LogP contribution is 2.67. The third kappa shape index (κ3) is 8.28. The van der Waals surface area contributed by atoms with Crippen molar-refractivity contribution in [2.45, 2.75) is 167 Å². The van der Waals surface area contributed by atoms with Gasteiger partial charge >= 0.3 is 30.0 Å². The molecule has 13 atom stereocenters. The molecule has 2 saturated heterocycles. The van der Waals surface area contributed by atoms with Crippen molar-refractivity contribution in [3.63, 3.8) is 0 Å². The lowest BCUT2D eigenvalue weighted by atomic mass is 9.44. The first-order valence-corrected chi connectivity index (χ1v) is 21.3. The third-order valence-corrected chi connectivity index (χ3v) is 13.4. The Balaban J connectivity index is 1.57. The first kappa shape index (κ1) is 47.1. The lowest BCUT2D eigenvalue weighted by molar-refractivity contribution is -0.405. The van der Waals surface area contributed by atoms with Crippen molar-refractivity contribution >= 4 is 30.0 Å². The maximum Gasteiger partial charge on any atom is 0.407 e. The number of carbonyl (C=O) groups is 5. The second-order valence-electron chi connectivity index (χ2n) is 19.5. The van der Waals surface area contributed by atoms with E-state index < -0.39 is 125 Å². The molecule has 0 radical (unpaired) electrons. The van der Waals surface area contributed by atoms with E-state index in [0.29, 0.717) is 11.1 Å². The molecule has 16 heteroatoms. The van der Waals surface area contributed by atoms with Gasteiger partial charge < -0.3 is 53.4 Å². The molecule has 0 spiro atoms. The van der Waals surface area contributed by atoms with Gasteiger partial charge in [0.05, 0.1) is 30.2 Å². The summed E-state index contributed by atoms with van der Waals surface area (Å²) in [5.74, 6) is -4.57. The zero-order chi connectivity index (χ0) is 45.9. The molecule has 5 aliphatic rings. The number of amides is 1. The number of rotatable bonds is 11. The molecule has 2 bridgehead atoms. The Morgan fingerprint density at radius 2 is 1.65 bits per heavy atom. The van der Waals surface area contributed by atoms with Gasteiger partial charge in [0.2, 0.25) is 0 Å². The van der Waals surface area contributed by atoms with Crippen LogP contribution in [0.5, 0.6) is 0 Å². The van der Waals surface area contributed by atoms with E-state index in [4.69, 9.17) is 37.9 Å². The molecule has 0 aromatic heterocycles. The molecule has 4 fully saturated rings. The van der Waals surface area contributed by atoms with E-state index in [9.17, 15) is 34.2 Å². The molecular formula is C46H63NO15. The predicted octanol–water partition coefficient (Wildman–Crippen LogP) is 4.87. The molecule has 2 aliphatic heterocycles. The van der Waals surface area contributed by atoms with Gasteiger partial charge in [-0.25, -0.2) is 14.4 Å². The Hall–Kier alpha value is -4.35. The maximum atomic E-state index is 14.4. The van der Waals surface area contributed by atoms with Gasteiger partial charge in [-0.3, -0.25) is 9.59 Å². The zero-order valence-electron chi connectivity index (χ0n) is 37.6. The van der Waals surface area contributed by atoms with Crippen molar-refractivity contribution in [3.8, 4) is 0 Å². The van der Waals surface area contributed by atoms with E-state index in [1.807, 2.05) is 20.8 Å².